The van der Waals surface area contributed by atoms with Crippen molar-refractivity contribution in [3.63, 3.8) is 0 Å². The van der Waals surface area contributed by atoms with Crippen molar-refractivity contribution in [1.29, 1.82) is 0 Å². The highest BCUT2D eigenvalue weighted by molar-refractivity contribution is 6.28. The molecule has 1 unspecified atom stereocenters. The Morgan fingerprint density at radius 2 is 2.29 bits per heavy atom. The quantitative estimate of drug-likeness (QED) is 0.825. The van der Waals surface area contributed by atoms with E-state index in [0.717, 1.165) is 24.8 Å². The maximum Gasteiger partial charge on any atom is 0.224 e. The number of hydrogen-bond donors (Lipinski definition) is 1. The Kier molecular flexibility index (Phi) is 4.05. The summed E-state index contributed by atoms with van der Waals surface area (Å²) < 4.78 is 0. The molecule has 0 saturated carbocycles. The SMILES string of the molecule is CCC1CCCN(c2nc(Cl)ncc2N)CC1. The summed E-state index contributed by atoms with van der Waals surface area (Å²) in [6.07, 6.45) is 6.55. The van der Waals surface area contributed by atoms with Crippen LogP contribution in [0.2, 0.25) is 5.28 Å². The highest BCUT2D eigenvalue weighted by atomic mass is 35.5. The summed E-state index contributed by atoms with van der Waals surface area (Å²) in [5, 5.41) is 0.269. The third kappa shape index (κ3) is 3.00. The van der Waals surface area contributed by atoms with Crippen LogP contribution in [0.25, 0.3) is 0 Å². The van der Waals surface area contributed by atoms with Crippen LogP contribution in [0.15, 0.2) is 6.20 Å². The first-order chi connectivity index (χ1) is 8.20. The van der Waals surface area contributed by atoms with Gasteiger partial charge in [0.15, 0.2) is 5.82 Å². The lowest BCUT2D eigenvalue weighted by Gasteiger charge is -2.22. The van der Waals surface area contributed by atoms with Gasteiger partial charge in [-0.15, -0.1) is 0 Å². The zero-order valence-corrected chi connectivity index (χ0v) is 11.0. The van der Waals surface area contributed by atoms with Gasteiger partial charge in [0, 0.05) is 13.1 Å². The molecule has 0 aliphatic carbocycles. The van der Waals surface area contributed by atoms with Gasteiger partial charge >= 0.3 is 0 Å². The van der Waals surface area contributed by atoms with Gasteiger partial charge in [0.1, 0.15) is 0 Å². The fourth-order valence-corrected chi connectivity index (χ4v) is 2.53. The van der Waals surface area contributed by atoms with Gasteiger partial charge in [0.05, 0.1) is 11.9 Å². The number of hydrogen-bond acceptors (Lipinski definition) is 4. The molecule has 2 heterocycles. The first-order valence-corrected chi connectivity index (χ1v) is 6.61. The minimum Gasteiger partial charge on any atom is -0.394 e. The third-order valence-corrected chi connectivity index (χ3v) is 3.67. The number of nitrogen functional groups attached to an aromatic ring is 1. The van der Waals surface area contributed by atoms with Crippen LogP contribution < -0.4 is 10.6 Å². The molecule has 1 atom stereocenters. The molecule has 0 amide bonds. The van der Waals surface area contributed by atoms with Crippen molar-refractivity contribution in [2.45, 2.75) is 32.6 Å². The molecule has 1 aliphatic rings. The minimum atomic E-state index is 0.269. The number of nitrogens with zero attached hydrogens (tertiary/aromatic N) is 3. The molecular weight excluding hydrogens is 236 g/mol. The summed E-state index contributed by atoms with van der Waals surface area (Å²) >= 11 is 5.83. The second-order valence-corrected chi connectivity index (χ2v) is 4.95. The van der Waals surface area contributed by atoms with Crippen LogP contribution in [0.5, 0.6) is 0 Å². The Bertz CT molecular complexity index is 383. The lowest BCUT2D eigenvalue weighted by atomic mass is 9.98. The molecule has 2 N–H and O–H groups in total. The predicted octanol–water partition coefficient (Wildman–Crippen LogP) is 2.73. The molecule has 0 radical (unpaired) electrons. The van der Waals surface area contributed by atoms with E-state index < -0.39 is 0 Å². The van der Waals surface area contributed by atoms with Crippen LogP contribution in [0.4, 0.5) is 11.5 Å². The largest absolute Gasteiger partial charge is 0.394 e. The molecule has 2 rings (SSSR count). The Morgan fingerprint density at radius 1 is 1.47 bits per heavy atom. The molecule has 0 bridgehead atoms. The van der Waals surface area contributed by atoms with Crippen molar-refractivity contribution >= 4 is 23.1 Å². The zero-order chi connectivity index (χ0) is 12.3. The summed E-state index contributed by atoms with van der Waals surface area (Å²) in [4.78, 5) is 10.4. The van der Waals surface area contributed by atoms with Crippen molar-refractivity contribution in [2.75, 3.05) is 23.7 Å². The van der Waals surface area contributed by atoms with Gasteiger partial charge in [-0.05, 0) is 36.8 Å². The van der Waals surface area contributed by atoms with E-state index in [9.17, 15) is 0 Å². The first-order valence-electron chi connectivity index (χ1n) is 6.23. The van der Waals surface area contributed by atoms with Gasteiger partial charge in [-0.2, -0.15) is 4.98 Å². The molecule has 1 aromatic rings. The number of rotatable bonds is 2. The molecule has 1 fully saturated rings. The van der Waals surface area contributed by atoms with Crippen LogP contribution in [0.3, 0.4) is 0 Å². The van der Waals surface area contributed by atoms with Crippen LogP contribution in [-0.2, 0) is 0 Å². The van der Waals surface area contributed by atoms with E-state index >= 15 is 0 Å². The van der Waals surface area contributed by atoms with Crippen molar-refractivity contribution in [2.24, 2.45) is 5.92 Å². The van der Waals surface area contributed by atoms with Crippen LogP contribution in [-0.4, -0.2) is 23.1 Å². The monoisotopic (exact) mass is 254 g/mol. The lowest BCUT2D eigenvalue weighted by molar-refractivity contribution is 0.459. The maximum absolute atomic E-state index is 5.91. The van der Waals surface area contributed by atoms with Gasteiger partial charge in [-0.25, -0.2) is 4.98 Å². The third-order valence-electron chi connectivity index (χ3n) is 3.49. The fourth-order valence-electron chi connectivity index (χ4n) is 2.40. The van der Waals surface area contributed by atoms with E-state index in [1.807, 2.05) is 0 Å². The maximum atomic E-state index is 5.91. The van der Waals surface area contributed by atoms with Crippen LogP contribution in [0, 0.1) is 5.92 Å². The Labute approximate surface area is 107 Å². The van der Waals surface area contributed by atoms with E-state index in [1.54, 1.807) is 6.20 Å². The summed E-state index contributed by atoms with van der Waals surface area (Å²) in [5.41, 5.74) is 6.53. The van der Waals surface area contributed by atoms with Crippen molar-refractivity contribution in [1.82, 2.24) is 9.97 Å². The zero-order valence-electron chi connectivity index (χ0n) is 10.2. The van der Waals surface area contributed by atoms with E-state index in [-0.39, 0.29) is 5.28 Å². The Hall–Kier alpha value is -1.03. The average molecular weight is 255 g/mol. The highest BCUT2D eigenvalue weighted by Crippen LogP contribution is 2.26. The fraction of sp³-hybridized carbons (Fsp3) is 0.667. The molecule has 0 spiro atoms. The summed E-state index contributed by atoms with van der Waals surface area (Å²) in [7, 11) is 0. The molecule has 1 saturated heterocycles. The molecule has 1 aromatic heterocycles. The van der Waals surface area contributed by atoms with Gasteiger partial charge in [-0.1, -0.05) is 13.3 Å². The van der Waals surface area contributed by atoms with Gasteiger partial charge in [0.2, 0.25) is 5.28 Å². The number of anilines is 2. The van der Waals surface area contributed by atoms with Crippen molar-refractivity contribution < 1.29 is 0 Å². The molecule has 94 valence electrons. The Balaban J connectivity index is 2.13. The number of halogens is 1. The molecule has 0 aromatic carbocycles. The second-order valence-electron chi connectivity index (χ2n) is 4.61. The molecule has 17 heavy (non-hydrogen) atoms. The molecule has 5 heteroatoms. The first kappa shape index (κ1) is 12.4. The van der Waals surface area contributed by atoms with Crippen LogP contribution >= 0.6 is 11.6 Å². The van der Waals surface area contributed by atoms with Crippen molar-refractivity contribution in [3.05, 3.63) is 11.5 Å². The topological polar surface area (TPSA) is 55.0 Å². The van der Waals surface area contributed by atoms with E-state index in [1.165, 1.54) is 25.7 Å². The van der Waals surface area contributed by atoms with E-state index in [0.29, 0.717) is 5.69 Å². The minimum absolute atomic E-state index is 0.269. The number of aromatic nitrogens is 2. The smallest absolute Gasteiger partial charge is 0.224 e. The van der Waals surface area contributed by atoms with E-state index in [2.05, 4.69) is 21.8 Å². The van der Waals surface area contributed by atoms with Crippen molar-refractivity contribution in [3.8, 4) is 0 Å². The summed E-state index contributed by atoms with van der Waals surface area (Å²) in [5.74, 6) is 1.63. The highest BCUT2D eigenvalue weighted by Gasteiger charge is 2.18. The normalized spacial score (nSPS) is 21.3. The average Bonchev–Trinajstić information content (AvgIpc) is 2.57. The van der Waals surface area contributed by atoms with Gasteiger partial charge < -0.3 is 10.6 Å². The van der Waals surface area contributed by atoms with Gasteiger partial charge in [-0.3, -0.25) is 0 Å². The molecular formula is C12H19ClN4. The standard InChI is InChI=1S/C12H19ClN4/c1-2-9-4-3-6-17(7-5-9)11-10(14)8-15-12(13)16-11/h8-9H,2-7,14H2,1H3. The lowest BCUT2D eigenvalue weighted by Crippen LogP contribution is -2.26. The second kappa shape index (κ2) is 5.54. The van der Waals surface area contributed by atoms with Gasteiger partial charge in [0.25, 0.3) is 0 Å². The van der Waals surface area contributed by atoms with Crippen LogP contribution in [0.1, 0.15) is 32.6 Å². The Morgan fingerprint density at radius 3 is 3.06 bits per heavy atom. The number of nitrogens with two attached hydrogens (primary N) is 1. The summed E-state index contributed by atoms with van der Waals surface area (Å²) in [6.45, 7) is 4.28. The van der Waals surface area contributed by atoms with E-state index in [4.69, 9.17) is 17.3 Å². The predicted molar refractivity (Wildman–Crippen MR) is 71.3 cm³/mol. The molecule has 1 aliphatic heterocycles. The molecule has 4 nitrogen and oxygen atoms in total. The summed E-state index contributed by atoms with van der Waals surface area (Å²) in [6, 6.07) is 0.